The molecule has 0 bridgehead atoms. The highest BCUT2D eigenvalue weighted by Gasteiger charge is 2.12. The number of nitrogens with one attached hydrogen (secondary N) is 2. The Balaban J connectivity index is 0. The largest absolute Gasteiger partial charge is 0.385 e. The third kappa shape index (κ3) is 14.7. The van der Waals surface area contributed by atoms with Gasteiger partial charge in [-0.2, -0.15) is 0 Å². The second kappa shape index (κ2) is 17.3. The van der Waals surface area contributed by atoms with E-state index in [9.17, 15) is 0 Å². The summed E-state index contributed by atoms with van der Waals surface area (Å²) in [6.07, 6.45) is 2.19. The van der Waals surface area contributed by atoms with E-state index in [-0.39, 0.29) is 24.0 Å². The van der Waals surface area contributed by atoms with E-state index in [1.165, 1.54) is 0 Å². The van der Waals surface area contributed by atoms with Gasteiger partial charge >= 0.3 is 0 Å². The van der Waals surface area contributed by atoms with E-state index in [2.05, 4.69) is 60.2 Å². The van der Waals surface area contributed by atoms with E-state index in [1.54, 1.807) is 7.11 Å². The average Bonchev–Trinajstić information content (AvgIpc) is 2.52. The Bertz CT molecular complexity index is 319. The number of aliphatic imine (C=N–C) groups is 1. The molecule has 0 saturated carbocycles. The lowest BCUT2D eigenvalue weighted by Gasteiger charge is -2.30. The van der Waals surface area contributed by atoms with Crippen LogP contribution in [0.25, 0.3) is 0 Å². The van der Waals surface area contributed by atoms with Crippen molar-refractivity contribution >= 4 is 29.9 Å². The average molecular weight is 471 g/mol. The quantitative estimate of drug-likeness (QED) is 0.187. The van der Waals surface area contributed by atoms with Crippen LogP contribution in [0.1, 0.15) is 40.5 Å². The molecule has 6 nitrogen and oxygen atoms in total. The van der Waals surface area contributed by atoms with Gasteiger partial charge in [-0.25, -0.2) is 0 Å². The number of nitrogens with zero attached hydrogens (tertiary/aromatic N) is 3. The topological polar surface area (TPSA) is 52.1 Å². The lowest BCUT2D eigenvalue weighted by atomic mass is 10.2. The number of ether oxygens (including phenoxy) is 1. The van der Waals surface area contributed by atoms with E-state index in [4.69, 9.17) is 4.74 Å². The van der Waals surface area contributed by atoms with E-state index < -0.39 is 0 Å². The van der Waals surface area contributed by atoms with Crippen molar-refractivity contribution in [3.05, 3.63) is 0 Å². The van der Waals surface area contributed by atoms with Crippen molar-refractivity contribution in [1.29, 1.82) is 0 Å². The molecule has 0 rings (SSSR count). The zero-order valence-electron chi connectivity index (χ0n) is 17.5. The normalized spacial score (nSPS) is 12.2. The summed E-state index contributed by atoms with van der Waals surface area (Å²) in [4.78, 5) is 9.12. The maximum Gasteiger partial charge on any atom is 0.191 e. The molecule has 0 saturated heterocycles. The third-order valence-electron chi connectivity index (χ3n) is 4.11. The van der Waals surface area contributed by atoms with Crippen molar-refractivity contribution < 1.29 is 4.74 Å². The van der Waals surface area contributed by atoms with Gasteiger partial charge in [0.25, 0.3) is 0 Å². The van der Waals surface area contributed by atoms with Gasteiger partial charge in [0.05, 0.1) is 0 Å². The van der Waals surface area contributed by atoms with Gasteiger partial charge in [0.15, 0.2) is 5.96 Å². The standard InChI is InChI=1S/C18H41N5O.HI/c1-16(2)23(17(3)4)13-8-10-20-18(19-5)21-11-14-22(6)12-9-15-24-7;/h16-17H,8-15H2,1-7H3,(H2,19,20,21);1H. The summed E-state index contributed by atoms with van der Waals surface area (Å²) in [5, 5.41) is 6.78. The van der Waals surface area contributed by atoms with Crippen LogP contribution < -0.4 is 10.6 Å². The number of hydrogen-bond acceptors (Lipinski definition) is 4. The molecule has 0 atom stereocenters. The molecule has 0 aliphatic heterocycles. The Morgan fingerprint density at radius 2 is 1.56 bits per heavy atom. The fraction of sp³-hybridized carbons (Fsp3) is 0.944. The van der Waals surface area contributed by atoms with Crippen molar-refractivity contribution in [2.45, 2.75) is 52.6 Å². The lowest BCUT2D eigenvalue weighted by molar-refractivity contribution is 0.173. The molecule has 0 aliphatic carbocycles. The van der Waals surface area contributed by atoms with Crippen LogP contribution in [0.2, 0.25) is 0 Å². The molecule has 0 radical (unpaired) electrons. The lowest BCUT2D eigenvalue weighted by Crippen LogP contribution is -2.43. The molecule has 0 aromatic rings. The fourth-order valence-corrected chi connectivity index (χ4v) is 2.76. The fourth-order valence-electron chi connectivity index (χ4n) is 2.76. The van der Waals surface area contributed by atoms with E-state index in [1.807, 2.05) is 7.05 Å². The second-order valence-corrected chi connectivity index (χ2v) is 6.85. The minimum atomic E-state index is 0. The molecular formula is C18H42IN5O. The van der Waals surface area contributed by atoms with Crippen molar-refractivity contribution in [2.24, 2.45) is 4.99 Å². The predicted octanol–water partition coefficient (Wildman–Crippen LogP) is 2.25. The van der Waals surface area contributed by atoms with Gasteiger partial charge in [0, 0.05) is 65.6 Å². The van der Waals surface area contributed by atoms with Crippen molar-refractivity contribution in [3.8, 4) is 0 Å². The second-order valence-electron chi connectivity index (χ2n) is 6.85. The predicted molar refractivity (Wildman–Crippen MR) is 120 cm³/mol. The first-order valence-corrected chi connectivity index (χ1v) is 9.30. The molecule has 2 N–H and O–H groups in total. The summed E-state index contributed by atoms with van der Waals surface area (Å²) in [5.74, 6) is 0.890. The number of halogens is 1. The van der Waals surface area contributed by atoms with Crippen LogP contribution in [-0.2, 0) is 4.74 Å². The Hall–Kier alpha value is -0.120. The van der Waals surface area contributed by atoms with Crippen molar-refractivity contribution in [3.63, 3.8) is 0 Å². The van der Waals surface area contributed by atoms with Gasteiger partial charge in [-0.3, -0.25) is 9.89 Å². The number of guanidine groups is 1. The summed E-state index contributed by atoms with van der Waals surface area (Å²) in [5.41, 5.74) is 0. The van der Waals surface area contributed by atoms with Crippen molar-refractivity contribution in [2.75, 3.05) is 60.5 Å². The molecule has 152 valence electrons. The SMILES string of the molecule is CN=C(NCCCN(C(C)C)C(C)C)NCCN(C)CCCOC.I. The number of methoxy groups -OCH3 is 1. The smallest absolute Gasteiger partial charge is 0.191 e. The van der Waals surface area contributed by atoms with Gasteiger partial charge in [-0.1, -0.05) is 0 Å². The summed E-state index contributed by atoms with van der Waals surface area (Å²) in [6, 6.07) is 1.19. The highest BCUT2D eigenvalue weighted by Crippen LogP contribution is 2.05. The van der Waals surface area contributed by atoms with Gasteiger partial charge in [-0.05, 0) is 47.6 Å². The molecule has 0 aliphatic rings. The van der Waals surface area contributed by atoms with Crippen LogP contribution in [0, 0.1) is 0 Å². The van der Waals surface area contributed by atoms with Crippen LogP contribution in [0.4, 0.5) is 0 Å². The Morgan fingerprint density at radius 3 is 2.08 bits per heavy atom. The van der Waals surface area contributed by atoms with Crippen LogP contribution in [0.5, 0.6) is 0 Å². The van der Waals surface area contributed by atoms with E-state index in [0.717, 1.165) is 58.1 Å². The Kier molecular flexibility index (Phi) is 18.8. The van der Waals surface area contributed by atoms with Gasteiger partial charge in [0.2, 0.25) is 0 Å². The molecule has 0 aromatic heterocycles. The molecule has 7 heteroatoms. The number of likely N-dealkylation sites (N-methyl/N-ethyl adjacent to an activating group) is 1. The van der Waals surface area contributed by atoms with Crippen LogP contribution >= 0.6 is 24.0 Å². The molecule has 0 aromatic carbocycles. The van der Waals surface area contributed by atoms with E-state index in [0.29, 0.717) is 12.1 Å². The maximum absolute atomic E-state index is 5.08. The minimum Gasteiger partial charge on any atom is -0.385 e. The summed E-state index contributed by atoms with van der Waals surface area (Å²) >= 11 is 0. The Morgan fingerprint density at radius 1 is 0.960 bits per heavy atom. The molecule has 0 heterocycles. The monoisotopic (exact) mass is 471 g/mol. The first kappa shape index (κ1) is 27.1. The molecule has 0 spiro atoms. The Labute approximate surface area is 173 Å². The first-order chi connectivity index (χ1) is 11.4. The maximum atomic E-state index is 5.08. The molecule has 0 fully saturated rings. The molecular weight excluding hydrogens is 429 g/mol. The highest BCUT2D eigenvalue weighted by atomic mass is 127. The molecule has 25 heavy (non-hydrogen) atoms. The summed E-state index contributed by atoms with van der Waals surface area (Å²) in [6.45, 7) is 14.9. The van der Waals surface area contributed by atoms with Gasteiger partial charge in [0.1, 0.15) is 0 Å². The van der Waals surface area contributed by atoms with Crippen molar-refractivity contribution in [1.82, 2.24) is 20.4 Å². The van der Waals surface area contributed by atoms with Crippen LogP contribution in [0.3, 0.4) is 0 Å². The van der Waals surface area contributed by atoms with E-state index >= 15 is 0 Å². The zero-order chi connectivity index (χ0) is 18.4. The minimum absolute atomic E-state index is 0. The summed E-state index contributed by atoms with van der Waals surface area (Å²) < 4.78 is 5.08. The number of rotatable bonds is 13. The van der Waals surface area contributed by atoms with Crippen LogP contribution in [0.15, 0.2) is 4.99 Å². The third-order valence-corrected chi connectivity index (χ3v) is 4.11. The molecule has 0 amide bonds. The highest BCUT2D eigenvalue weighted by molar-refractivity contribution is 14.0. The van der Waals surface area contributed by atoms with Gasteiger partial charge < -0.3 is 20.3 Å². The van der Waals surface area contributed by atoms with Crippen LogP contribution in [-0.4, -0.2) is 88.4 Å². The summed E-state index contributed by atoms with van der Waals surface area (Å²) in [7, 11) is 5.71. The van der Waals surface area contributed by atoms with Gasteiger partial charge in [-0.15, -0.1) is 24.0 Å². The number of hydrogen-bond donors (Lipinski definition) is 2. The zero-order valence-corrected chi connectivity index (χ0v) is 19.8. The first-order valence-electron chi connectivity index (χ1n) is 9.30. The molecule has 0 unspecified atom stereocenters.